The Balaban J connectivity index is 2.53. The lowest BCUT2D eigenvalue weighted by Gasteiger charge is -2.34. The van der Waals surface area contributed by atoms with Gasteiger partial charge >= 0.3 is 0 Å². The number of amides is 1. The highest BCUT2D eigenvalue weighted by Crippen LogP contribution is 2.30. The van der Waals surface area contributed by atoms with Gasteiger partial charge in [0.1, 0.15) is 0 Å². The third-order valence-electron chi connectivity index (χ3n) is 3.44. The third-order valence-corrected chi connectivity index (χ3v) is 3.44. The molecular weight excluding hydrogens is 198 g/mol. The normalized spacial score (nSPS) is 25.4. The van der Waals surface area contributed by atoms with Crippen molar-refractivity contribution in [2.75, 3.05) is 0 Å². The van der Waals surface area contributed by atoms with Gasteiger partial charge in [-0.3, -0.25) is 4.79 Å². The van der Waals surface area contributed by atoms with Crippen molar-refractivity contribution in [3.63, 3.8) is 0 Å². The van der Waals surface area contributed by atoms with Crippen molar-refractivity contribution < 1.29 is 4.79 Å². The standard InChI is InChI=1S/C14H25NO/c1-5-6-13(16)15-14(4)9-7-12(8-10-14)11(2)3/h7,11H,5-6,8-10H2,1-4H3,(H,15,16). The van der Waals surface area contributed by atoms with Crippen LogP contribution in [0.25, 0.3) is 0 Å². The predicted molar refractivity (Wildman–Crippen MR) is 68.2 cm³/mol. The highest BCUT2D eigenvalue weighted by molar-refractivity contribution is 5.76. The second kappa shape index (κ2) is 5.51. The van der Waals surface area contributed by atoms with Crippen molar-refractivity contribution in [3.05, 3.63) is 11.6 Å². The maximum atomic E-state index is 11.6. The first kappa shape index (κ1) is 13.3. The van der Waals surface area contributed by atoms with E-state index in [9.17, 15) is 4.79 Å². The zero-order valence-electron chi connectivity index (χ0n) is 11.1. The molecule has 16 heavy (non-hydrogen) atoms. The van der Waals surface area contributed by atoms with E-state index >= 15 is 0 Å². The number of nitrogens with one attached hydrogen (secondary N) is 1. The van der Waals surface area contributed by atoms with E-state index in [0.29, 0.717) is 12.3 Å². The Labute approximate surface area is 99.5 Å². The number of carbonyl (C=O) groups excluding carboxylic acids is 1. The van der Waals surface area contributed by atoms with Gasteiger partial charge in [0.05, 0.1) is 0 Å². The van der Waals surface area contributed by atoms with E-state index in [1.165, 1.54) is 0 Å². The molecule has 1 aliphatic rings. The van der Waals surface area contributed by atoms with Crippen molar-refractivity contribution in [3.8, 4) is 0 Å². The first-order valence-corrected chi connectivity index (χ1v) is 6.47. The molecule has 0 saturated carbocycles. The fourth-order valence-electron chi connectivity index (χ4n) is 2.24. The minimum absolute atomic E-state index is 0.00928. The van der Waals surface area contributed by atoms with Crippen molar-refractivity contribution in [1.29, 1.82) is 0 Å². The van der Waals surface area contributed by atoms with Gasteiger partial charge in [-0.05, 0) is 38.5 Å². The molecule has 0 spiro atoms. The summed E-state index contributed by atoms with van der Waals surface area (Å²) in [6, 6.07) is 0. The van der Waals surface area contributed by atoms with Crippen LogP contribution in [0.2, 0.25) is 0 Å². The number of carbonyl (C=O) groups is 1. The Morgan fingerprint density at radius 1 is 1.56 bits per heavy atom. The Hall–Kier alpha value is -0.790. The van der Waals surface area contributed by atoms with Gasteiger partial charge in [-0.25, -0.2) is 0 Å². The summed E-state index contributed by atoms with van der Waals surface area (Å²) in [6.45, 7) is 8.68. The van der Waals surface area contributed by atoms with Crippen molar-refractivity contribution in [2.45, 2.75) is 65.3 Å². The Morgan fingerprint density at radius 2 is 2.25 bits per heavy atom. The molecule has 0 saturated heterocycles. The minimum atomic E-state index is -0.00928. The third kappa shape index (κ3) is 3.66. The lowest BCUT2D eigenvalue weighted by molar-refractivity contribution is -0.123. The Kier molecular flexibility index (Phi) is 4.57. The van der Waals surface area contributed by atoms with Crippen LogP contribution >= 0.6 is 0 Å². The molecule has 0 radical (unpaired) electrons. The van der Waals surface area contributed by atoms with E-state index in [1.54, 1.807) is 5.57 Å². The van der Waals surface area contributed by atoms with Gasteiger partial charge in [-0.2, -0.15) is 0 Å². The smallest absolute Gasteiger partial charge is 0.220 e. The molecule has 1 aliphatic carbocycles. The minimum Gasteiger partial charge on any atom is -0.351 e. The van der Waals surface area contributed by atoms with E-state index in [1.807, 2.05) is 6.92 Å². The predicted octanol–water partition coefficient (Wildman–Crippen LogP) is 3.43. The quantitative estimate of drug-likeness (QED) is 0.727. The average molecular weight is 223 g/mol. The Bertz CT molecular complexity index is 280. The first-order chi connectivity index (χ1) is 7.47. The molecule has 0 aliphatic heterocycles. The molecule has 0 aromatic rings. The van der Waals surface area contributed by atoms with Gasteiger partial charge in [0.15, 0.2) is 0 Å². The fourth-order valence-corrected chi connectivity index (χ4v) is 2.24. The van der Waals surface area contributed by atoms with Crippen LogP contribution < -0.4 is 5.32 Å². The van der Waals surface area contributed by atoms with Crippen molar-refractivity contribution in [1.82, 2.24) is 5.32 Å². The monoisotopic (exact) mass is 223 g/mol. The van der Waals surface area contributed by atoms with Crippen molar-refractivity contribution >= 4 is 5.91 Å². The van der Waals surface area contributed by atoms with Gasteiger partial charge in [-0.1, -0.05) is 32.4 Å². The molecule has 2 nitrogen and oxygen atoms in total. The highest BCUT2D eigenvalue weighted by atomic mass is 16.1. The average Bonchev–Trinajstić information content (AvgIpc) is 2.17. The molecule has 1 rings (SSSR count). The molecule has 1 N–H and O–H groups in total. The van der Waals surface area contributed by atoms with Gasteiger partial charge in [0, 0.05) is 12.0 Å². The zero-order valence-corrected chi connectivity index (χ0v) is 11.1. The summed E-state index contributed by atoms with van der Waals surface area (Å²) in [5.41, 5.74) is 1.53. The second-order valence-electron chi connectivity index (χ2n) is 5.50. The molecule has 0 aromatic heterocycles. The van der Waals surface area contributed by atoms with Crippen LogP contribution in [0.15, 0.2) is 11.6 Å². The second-order valence-corrected chi connectivity index (χ2v) is 5.50. The maximum absolute atomic E-state index is 11.6. The van der Waals surface area contributed by atoms with E-state index in [-0.39, 0.29) is 11.4 Å². The van der Waals surface area contributed by atoms with E-state index < -0.39 is 0 Å². The van der Waals surface area contributed by atoms with Crippen LogP contribution in [0.4, 0.5) is 0 Å². The van der Waals surface area contributed by atoms with Gasteiger partial charge in [0.25, 0.3) is 0 Å². The van der Waals surface area contributed by atoms with Crippen LogP contribution in [0.1, 0.15) is 59.8 Å². The van der Waals surface area contributed by atoms with Gasteiger partial charge in [0.2, 0.25) is 5.91 Å². The molecule has 0 fully saturated rings. The number of hydrogen-bond acceptors (Lipinski definition) is 1. The summed E-state index contributed by atoms with van der Waals surface area (Å²) in [4.78, 5) is 11.6. The topological polar surface area (TPSA) is 29.1 Å². The largest absolute Gasteiger partial charge is 0.351 e. The molecule has 1 atom stereocenters. The van der Waals surface area contributed by atoms with Crippen molar-refractivity contribution in [2.24, 2.45) is 5.92 Å². The number of rotatable bonds is 4. The van der Waals surface area contributed by atoms with Crippen LogP contribution in [0.5, 0.6) is 0 Å². The molecule has 1 amide bonds. The lowest BCUT2D eigenvalue weighted by atomic mass is 9.80. The summed E-state index contributed by atoms with van der Waals surface area (Å²) in [7, 11) is 0. The lowest BCUT2D eigenvalue weighted by Crippen LogP contribution is -2.46. The Morgan fingerprint density at radius 3 is 2.69 bits per heavy atom. The maximum Gasteiger partial charge on any atom is 0.220 e. The number of hydrogen-bond donors (Lipinski definition) is 1. The molecule has 0 heterocycles. The van der Waals surface area contributed by atoms with Crippen LogP contribution in [0.3, 0.4) is 0 Å². The molecule has 0 bridgehead atoms. The molecule has 0 aromatic carbocycles. The summed E-state index contributed by atoms with van der Waals surface area (Å²) < 4.78 is 0. The summed E-state index contributed by atoms with van der Waals surface area (Å²) in [5.74, 6) is 0.849. The molecule has 1 unspecified atom stereocenters. The van der Waals surface area contributed by atoms with Gasteiger partial charge in [-0.15, -0.1) is 0 Å². The first-order valence-electron chi connectivity index (χ1n) is 6.47. The summed E-state index contributed by atoms with van der Waals surface area (Å²) in [6.07, 6.45) is 7.08. The number of allylic oxidation sites excluding steroid dienone is 1. The van der Waals surface area contributed by atoms with E-state index in [0.717, 1.165) is 25.7 Å². The van der Waals surface area contributed by atoms with Gasteiger partial charge < -0.3 is 5.32 Å². The molecule has 92 valence electrons. The van der Waals surface area contributed by atoms with E-state index in [2.05, 4.69) is 32.2 Å². The molecular formula is C14H25NO. The molecule has 2 heteroatoms. The van der Waals surface area contributed by atoms with Crippen LogP contribution in [-0.4, -0.2) is 11.4 Å². The van der Waals surface area contributed by atoms with Crippen LogP contribution in [-0.2, 0) is 4.79 Å². The highest BCUT2D eigenvalue weighted by Gasteiger charge is 2.28. The SMILES string of the molecule is CCCC(=O)NC1(C)CC=C(C(C)C)CC1. The zero-order chi connectivity index (χ0) is 12.2. The van der Waals surface area contributed by atoms with E-state index in [4.69, 9.17) is 0 Å². The summed E-state index contributed by atoms with van der Waals surface area (Å²) in [5, 5.41) is 3.17. The van der Waals surface area contributed by atoms with Crippen LogP contribution in [0, 0.1) is 5.92 Å². The summed E-state index contributed by atoms with van der Waals surface area (Å²) >= 11 is 0. The fraction of sp³-hybridized carbons (Fsp3) is 0.786.